The molecule has 4 nitrogen and oxygen atoms in total. The Morgan fingerprint density at radius 1 is 1.05 bits per heavy atom. The topological polar surface area (TPSA) is 80.9 Å². The molecule has 2 saturated carbocycles. The van der Waals surface area contributed by atoms with E-state index in [1.165, 1.54) is 0 Å². The smallest absolute Gasteiger partial charge is 0.157 e. The first-order valence-corrected chi connectivity index (χ1v) is 8.32. The van der Waals surface area contributed by atoms with E-state index < -0.39 is 17.1 Å². The first-order valence-electron chi connectivity index (χ1n) is 8.32. The summed E-state index contributed by atoms with van der Waals surface area (Å²) in [5.41, 5.74) is 0.927. The van der Waals surface area contributed by atoms with E-state index in [9.17, 15) is 20.4 Å². The van der Waals surface area contributed by atoms with E-state index in [2.05, 4.69) is 0 Å². The van der Waals surface area contributed by atoms with Gasteiger partial charge < -0.3 is 20.4 Å². The molecule has 0 bridgehead atoms. The standard InChI is InChI=1S/C18H24O4/c1-17-6-4-11-12-9-15(20)14(19)8-10(12)2-3-13(11)18(17,22)7-5-16(17)21/h8-9,11,13,16,19-22H,2-7H2,1H3/t11-,13-,16-,17-,18+/m1/s1. The third-order valence-corrected chi connectivity index (χ3v) is 6.96. The van der Waals surface area contributed by atoms with Gasteiger partial charge in [0.2, 0.25) is 0 Å². The van der Waals surface area contributed by atoms with E-state index in [-0.39, 0.29) is 23.3 Å². The van der Waals surface area contributed by atoms with Gasteiger partial charge in [-0.3, -0.25) is 0 Å². The number of aryl methyl sites for hydroxylation is 1. The van der Waals surface area contributed by atoms with Crippen molar-refractivity contribution in [1.29, 1.82) is 0 Å². The van der Waals surface area contributed by atoms with Gasteiger partial charge in [0.05, 0.1) is 11.7 Å². The SMILES string of the molecule is C[C@]12CC[C@@H]3c4cc(O)c(O)cc4CC[C@H]3[C@@]1(O)CC[C@H]2O. The first kappa shape index (κ1) is 14.3. The van der Waals surface area contributed by atoms with Crippen LogP contribution in [0.5, 0.6) is 11.5 Å². The maximum Gasteiger partial charge on any atom is 0.157 e. The second kappa shape index (κ2) is 4.39. The molecule has 1 aromatic carbocycles. The van der Waals surface area contributed by atoms with Crippen molar-refractivity contribution in [3.63, 3.8) is 0 Å². The third-order valence-electron chi connectivity index (χ3n) is 6.96. The summed E-state index contributed by atoms with van der Waals surface area (Å²) in [6.07, 6.45) is 4.30. The molecule has 4 heteroatoms. The van der Waals surface area contributed by atoms with Crippen LogP contribution >= 0.6 is 0 Å². The van der Waals surface area contributed by atoms with Crippen LogP contribution in [0, 0.1) is 11.3 Å². The van der Waals surface area contributed by atoms with Gasteiger partial charge in [-0.15, -0.1) is 0 Å². The molecule has 0 unspecified atom stereocenters. The number of aliphatic hydroxyl groups is 2. The number of fused-ring (bicyclic) bond motifs is 5. The minimum absolute atomic E-state index is 0.0622. The van der Waals surface area contributed by atoms with Gasteiger partial charge in [0.25, 0.3) is 0 Å². The van der Waals surface area contributed by atoms with Gasteiger partial charge in [0.15, 0.2) is 11.5 Å². The predicted octanol–water partition coefficient (Wildman–Crippen LogP) is 2.43. The Bertz CT molecular complexity index is 628. The zero-order chi connectivity index (χ0) is 15.7. The highest BCUT2D eigenvalue weighted by Crippen LogP contribution is 2.63. The quantitative estimate of drug-likeness (QED) is 0.555. The largest absolute Gasteiger partial charge is 0.504 e. The fourth-order valence-electron chi connectivity index (χ4n) is 5.55. The van der Waals surface area contributed by atoms with Crippen molar-refractivity contribution in [2.75, 3.05) is 0 Å². The molecule has 0 spiro atoms. The average molecular weight is 304 g/mol. The maximum absolute atomic E-state index is 11.4. The monoisotopic (exact) mass is 304 g/mol. The molecular formula is C18H24O4. The van der Waals surface area contributed by atoms with E-state index in [0.29, 0.717) is 12.8 Å². The van der Waals surface area contributed by atoms with Crippen molar-refractivity contribution in [1.82, 2.24) is 0 Å². The molecule has 0 radical (unpaired) electrons. The first-order chi connectivity index (χ1) is 10.4. The lowest BCUT2D eigenvalue weighted by molar-refractivity contribution is -0.162. The molecule has 0 amide bonds. The highest BCUT2D eigenvalue weighted by molar-refractivity contribution is 5.49. The Morgan fingerprint density at radius 3 is 2.55 bits per heavy atom. The molecule has 0 heterocycles. The molecule has 22 heavy (non-hydrogen) atoms. The minimum atomic E-state index is -0.819. The highest BCUT2D eigenvalue weighted by atomic mass is 16.3. The predicted molar refractivity (Wildman–Crippen MR) is 81.9 cm³/mol. The van der Waals surface area contributed by atoms with Crippen molar-refractivity contribution in [3.05, 3.63) is 23.3 Å². The molecular weight excluding hydrogens is 280 g/mol. The summed E-state index contributed by atoms with van der Waals surface area (Å²) in [5, 5.41) is 41.4. The van der Waals surface area contributed by atoms with Crippen LogP contribution < -0.4 is 0 Å². The van der Waals surface area contributed by atoms with E-state index in [1.807, 2.05) is 6.92 Å². The molecule has 0 aliphatic heterocycles. The van der Waals surface area contributed by atoms with Crippen LogP contribution in [-0.4, -0.2) is 32.1 Å². The Kier molecular flexibility index (Phi) is 2.86. The fourth-order valence-corrected chi connectivity index (χ4v) is 5.55. The molecule has 3 aliphatic rings. The lowest BCUT2D eigenvalue weighted by Crippen LogP contribution is -2.57. The lowest BCUT2D eigenvalue weighted by atomic mass is 9.53. The van der Waals surface area contributed by atoms with Gasteiger partial charge in [0.1, 0.15) is 0 Å². The molecule has 2 fully saturated rings. The molecule has 0 aromatic heterocycles. The maximum atomic E-state index is 11.4. The second-order valence-electron chi connectivity index (χ2n) is 7.73. The lowest BCUT2D eigenvalue weighted by Gasteiger charge is -2.55. The normalized spacial score (nSPS) is 43.3. The fraction of sp³-hybridized carbons (Fsp3) is 0.667. The summed E-state index contributed by atoms with van der Waals surface area (Å²) in [4.78, 5) is 0. The summed E-state index contributed by atoms with van der Waals surface area (Å²) in [6.45, 7) is 2.03. The highest BCUT2D eigenvalue weighted by Gasteiger charge is 2.63. The number of aliphatic hydroxyl groups excluding tert-OH is 1. The molecule has 120 valence electrons. The molecule has 3 aliphatic carbocycles. The molecule has 4 rings (SSSR count). The van der Waals surface area contributed by atoms with Crippen molar-refractivity contribution >= 4 is 0 Å². The number of aromatic hydroxyl groups is 2. The minimum Gasteiger partial charge on any atom is -0.504 e. The van der Waals surface area contributed by atoms with Crippen LogP contribution in [0.15, 0.2) is 12.1 Å². The van der Waals surface area contributed by atoms with E-state index >= 15 is 0 Å². The summed E-state index contributed by atoms with van der Waals surface area (Å²) >= 11 is 0. The average Bonchev–Trinajstić information content (AvgIpc) is 2.73. The second-order valence-corrected chi connectivity index (χ2v) is 7.73. The summed E-state index contributed by atoms with van der Waals surface area (Å²) in [7, 11) is 0. The summed E-state index contributed by atoms with van der Waals surface area (Å²) < 4.78 is 0. The van der Waals surface area contributed by atoms with Crippen molar-refractivity contribution in [3.8, 4) is 11.5 Å². The Labute approximate surface area is 130 Å². The number of phenols is 2. The van der Waals surface area contributed by atoms with Crippen molar-refractivity contribution < 1.29 is 20.4 Å². The van der Waals surface area contributed by atoms with Gasteiger partial charge in [-0.1, -0.05) is 6.92 Å². The number of rotatable bonds is 0. The third kappa shape index (κ3) is 1.60. The van der Waals surface area contributed by atoms with Crippen LogP contribution in [0.25, 0.3) is 0 Å². The Morgan fingerprint density at radius 2 is 1.77 bits per heavy atom. The molecule has 0 saturated heterocycles. The Hall–Kier alpha value is -1.26. The van der Waals surface area contributed by atoms with Crippen LogP contribution in [0.4, 0.5) is 0 Å². The number of phenolic OH excluding ortho intramolecular Hbond substituents is 2. The van der Waals surface area contributed by atoms with Crippen molar-refractivity contribution in [2.24, 2.45) is 11.3 Å². The van der Waals surface area contributed by atoms with E-state index in [1.54, 1.807) is 12.1 Å². The van der Waals surface area contributed by atoms with Crippen LogP contribution in [0.2, 0.25) is 0 Å². The zero-order valence-corrected chi connectivity index (χ0v) is 12.9. The zero-order valence-electron chi connectivity index (χ0n) is 12.9. The van der Waals surface area contributed by atoms with Gasteiger partial charge in [-0.2, -0.15) is 0 Å². The molecule has 5 atom stereocenters. The van der Waals surface area contributed by atoms with Gasteiger partial charge in [-0.25, -0.2) is 0 Å². The van der Waals surface area contributed by atoms with Crippen LogP contribution in [0.1, 0.15) is 56.1 Å². The summed E-state index contributed by atoms with van der Waals surface area (Å²) in [6, 6.07) is 3.35. The number of hydrogen-bond donors (Lipinski definition) is 4. The van der Waals surface area contributed by atoms with Crippen molar-refractivity contribution in [2.45, 2.75) is 63.1 Å². The van der Waals surface area contributed by atoms with Gasteiger partial charge in [0, 0.05) is 5.41 Å². The van der Waals surface area contributed by atoms with E-state index in [0.717, 1.165) is 36.8 Å². The number of hydrogen-bond acceptors (Lipinski definition) is 4. The summed E-state index contributed by atoms with van der Waals surface area (Å²) in [5.74, 6) is 0.192. The van der Waals surface area contributed by atoms with Gasteiger partial charge in [-0.05, 0) is 73.6 Å². The van der Waals surface area contributed by atoms with E-state index in [4.69, 9.17) is 0 Å². The van der Waals surface area contributed by atoms with Crippen LogP contribution in [-0.2, 0) is 6.42 Å². The van der Waals surface area contributed by atoms with Crippen LogP contribution in [0.3, 0.4) is 0 Å². The van der Waals surface area contributed by atoms with Gasteiger partial charge >= 0.3 is 0 Å². The Balaban J connectivity index is 1.78. The number of benzene rings is 1. The molecule has 4 N–H and O–H groups in total. The molecule has 1 aromatic rings.